The highest BCUT2D eigenvalue weighted by Crippen LogP contribution is 2.35. The van der Waals surface area contributed by atoms with Crippen molar-refractivity contribution in [2.24, 2.45) is 7.05 Å². The Morgan fingerprint density at radius 1 is 1.32 bits per heavy atom. The second kappa shape index (κ2) is 5.45. The van der Waals surface area contributed by atoms with Gasteiger partial charge in [-0.15, -0.1) is 0 Å². The van der Waals surface area contributed by atoms with Crippen LogP contribution in [-0.4, -0.2) is 23.7 Å². The highest BCUT2D eigenvalue weighted by atomic mass is 16.5. The van der Waals surface area contributed by atoms with Crippen molar-refractivity contribution in [2.75, 3.05) is 14.2 Å². The molecule has 0 radical (unpaired) electrons. The second-order valence-electron chi connectivity index (χ2n) is 4.84. The summed E-state index contributed by atoms with van der Waals surface area (Å²) < 4.78 is 7.58. The third-order valence-electron chi connectivity index (χ3n) is 3.30. The number of imidazole rings is 1. The molecule has 0 atom stereocenters. The zero-order valence-electron chi connectivity index (χ0n) is 12.2. The predicted octanol–water partition coefficient (Wildman–Crippen LogP) is 2.43. The van der Waals surface area contributed by atoms with Crippen molar-refractivity contribution in [3.05, 3.63) is 35.3 Å². The minimum atomic E-state index is 0.780. The van der Waals surface area contributed by atoms with Crippen LogP contribution in [0.15, 0.2) is 18.5 Å². The maximum absolute atomic E-state index is 5.53. The zero-order valence-corrected chi connectivity index (χ0v) is 12.2. The highest BCUT2D eigenvalue weighted by Gasteiger charge is 2.17. The molecule has 0 spiro atoms. The molecular formula is C15H21N3O. The number of nitrogens with zero attached hydrogens (tertiary/aromatic N) is 2. The molecule has 102 valence electrons. The summed E-state index contributed by atoms with van der Waals surface area (Å²) in [5.74, 6) is 0.883. The Balaban J connectivity index is 2.65. The van der Waals surface area contributed by atoms with E-state index in [1.165, 1.54) is 11.1 Å². The van der Waals surface area contributed by atoms with Gasteiger partial charge in [0.2, 0.25) is 0 Å². The molecule has 0 bridgehead atoms. The van der Waals surface area contributed by atoms with Crippen molar-refractivity contribution in [2.45, 2.75) is 20.4 Å². The van der Waals surface area contributed by atoms with E-state index < -0.39 is 0 Å². The summed E-state index contributed by atoms with van der Waals surface area (Å²) in [4.78, 5) is 4.55. The maximum atomic E-state index is 5.53. The first-order chi connectivity index (χ1) is 9.08. The standard InChI is InChI=1S/C15H21N3O/c1-10-6-11(2)14(13(7-10)19-5)15-12(8-16-3)18(4)9-17-15/h6-7,9,16H,8H2,1-5H3. The van der Waals surface area contributed by atoms with Gasteiger partial charge >= 0.3 is 0 Å². The average Bonchev–Trinajstić information content (AvgIpc) is 2.71. The summed E-state index contributed by atoms with van der Waals surface area (Å²) in [6.07, 6.45) is 1.85. The highest BCUT2D eigenvalue weighted by molar-refractivity contribution is 5.73. The third-order valence-corrected chi connectivity index (χ3v) is 3.30. The summed E-state index contributed by atoms with van der Waals surface area (Å²) in [7, 11) is 5.66. The molecule has 0 fully saturated rings. The normalized spacial score (nSPS) is 10.8. The van der Waals surface area contributed by atoms with E-state index in [0.29, 0.717) is 0 Å². The molecule has 1 aromatic heterocycles. The van der Waals surface area contributed by atoms with Crippen LogP contribution in [0.5, 0.6) is 5.75 Å². The molecule has 0 aliphatic rings. The lowest BCUT2D eigenvalue weighted by Crippen LogP contribution is -2.10. The number of aromatic nitrogens is 2. The quantitative estimate of drug-likeness (QED) is 0.916. The van der Waals surface area contributed by atoms with Gasteiger partial charge in [0, 0.05) is 19.2 Å². The summed E-state index contributed by atoms with van der Waals surface area (Å²) in [6, 6.07) is 4.22. The van der Waals surface area contributed by atoms with E-state index in [4.69, 9.17) is 4.74 Å². The second-order valence-corrected chi connectivity index (χ2v) is 4.84. The molecule has 2 rings (SSSR count). The number of nitrogens with one attached hydrogen (secondary N) is 1. The molecule has 4 heteroatoms. The van der Waals surface area contributed by atoms with Crippen molar-refractivity contribution in [3.63, 3.8) is 0 Å². The molecule has 0 unspecified atom stereocenters. The van der Waals surface area contributed by atoms with Gasteiger partial charge in [0.1, 0.15) is 5.75 Å². The van der Waals surface area contributed by atoms with Crippen LogP contribution in [0, 0.1) is 13.8 Å². The number of benzene rings is 1. The Morgan fingerprint density at radius 3 is 2.68 bits per heavy atom. The SMILES string of the molecule is CNCc1c(-c2c(C)cc(C)cc2OC)ncn1C. The number of methoxy groups -OCH3 is 1. The molecule has 0 amide bonds. The molecule has 0 aliphatic heterocycles. The lowest BCUT2D eigenvalue weighted by atomic mass is 10.00. The van der Waals surface area contributed by atoms with Gasteiger partial charge in [-0.2, -0.15) is 0 Å². The van der Waals surface area contributed by atoms with Gasteiger partial charge in [0.25, 0.3) is 0 Å². The van der Waals surface area contributed by atoms with E-state index in [0.717, 1.165) is 29.2 Å². The summed E-state index contributed by atoms with van der Waals surface area (Å²) in [6.45, 7) is 4.96. The number of hydrogen-bond acceptors (Lipinski definition) is 3. The van der Waals surface area contributed by atoms with Gasteiger partial charge in [-0.05, 0) is 38.1 Å². The Kier molecular flexibility index (Phi) is 3.90. The summed E-state index contributed by atoms with van der Waals surface area (Å²) >= 11 is 0. The van der Waals surface area contributed by atoms with E-state index in [2.05, 4.69) is 36.3 Å². The Hall–Kier alpha value is -1.81. The van der Waals surface area contributed by atoms with Crippen molar-refractivity contribution in [1.29, 1.82) is 0 Å². The van der Waals surface area contributed by atoms with Gasteiger partial charge in [0.15, 0.2) is 0 Å². The van der Waals surface area contributed by atoms with Crippen LogP contribution in [-0.2, 0) is 13.6 Å². The van der Waals surface area contributed by atoms with E-state index >= 15 is 0 Å². The van der Waals surface area contributed by atoms with Crippen molar-refractivity contribution < 1.29 is 4.74 Å². The third kappa shape index (κ3) is 2.49. The van der Waals surface area contributed by atoms with Crippen LogP contribution in [0.1, 0.15) is 16.8 Å². The van der Waals surface area contributed by atoms with Gasteiger partial charge in [0.05, 0.1) is 24.8 Å². The van der Waals surface area contributed by atoms with E-state index in [1.54, 1.807) is 7.11 Å². The lowest BCUT2D eigenvalue weighted by molar-refractivity contribution is 0.415. The monoisotopic (exact) mass is 259 g/mol. The Morgan fingerprint density at radius 2 is 2.05 bits per heavy atom. The lowest BCUT2D eigenvalue weighted by Gasteiger charge is -2.13. The summed E-state index contributed by atoms with van der Waals surface area (Å²) in [5, 5.41) is 3.19. The van der Waals surface area contributed by atoms with Crippen LogP contribution < -0.4 is 10.1 Å². The van der Waals surface area contributed by atoms with E-state index in [1.807, 2.05) is 25.0 Å². The topological polar surface area (TPSA) is 39.1 Å². The van der Waals surface area contributed by atoms with Crippen molar-refractivity contribution >= 4 is 0 Å². The molecule has 19 heavy (non-hydrogen) atoms. The van der Waals surface area contributed by atoms with Crippen LogP contribution in [0.25, 0.3) is 11.3 Å². The van der Waals surface area contributed by atoms with Crippen molar-refractivity contribution in [3.8, 4) is 17.0 Å². The Labute approximate surface area is 114 Å². The van der Waals surface area contributed by atoms with Gasteiger partial charge in [-0.25, -0.2) is 4.98 Å². The van der Waals surface area contributed by atoms with E-state index in [-0.39, 0.29) is 0 Å². The predicted molar refractivity (Wildman–Crippen MR) is 77.4 cm³/mol. The fourth-order valence-corrected chi connectivity index (χ4v) is 2.43. The molecule has 1 N–H and O–H groups in total. The molecular weight excluding hydrogens is 238 g/mol. The van der Waals surface area contributed by atoms with Gasteiger partial charge in [-0.3, -0.25) is 0 Å². The molecule has 1 heterocycles. The number of ether oxygens (including phenoxy) is 1. The van der Waals surface area contributed by atoms with Crippen molar-refractivity contribution in [1.82, 2.24) is 14.9 Å². The van der Waals surface area contributed by atoms with Crippen LogP contribution in [0.2, 0.25) is 0 Å². The largest absolute Gasteiger partial charge is 0.496 e. The molecule has 0 aliphatic carbocycles. The molecule has 4 nitrogen and oxygen atoms in total. The minimum absolute atomic E-state index is 0.780. The van der Waals surface area contributed by atoms with Crippen LogP contribution >= 0.6 is 0 Å². The average molecular weight is 259 g/mol. The Bertz CT molecular complexity index is 587. The summed E-state index contributed by atoms with van der Waals surface area (Å²) in [5.41, 5.74) is 5.62. The first-order valence-electron chi connectivity index (χ1n) is 6.39. The number of hydrogen-bond donors (Lipinski definition) is 1. The molecule has 2 aromatic rings. The van der Waals surface area contributed by atoms with Crippen LogP contribution in [0.4, 0.5) is 0 Å². The van der Waals surface area contributed by atoms with Gasteiger partial charge < -0.3 is 14.6 Å². The maximum Gasteiger partial charge on any atom is 0.128 e. The first kappa shape index (κ1) is 13.6. The smallest absolute Gasteiger partial charge is 0.128 e. The fourth-order valence-electron chi connectivity index (χ4n) is 2.43. The zero-order chi connectivity index (χ0) is 14.0. The molecule has 0 saturated heterocycles. The molecule has 0 saturated carbocycles. The van der Waals surface area contributed by atoms with Crippen LogP contribution in [0.3, 0.4) is 0 Å². The number of rotatable bonds is 4. The molecule has 1 aromatic carbocycles. The first-order valence-corrected chi connectivity index (χ1v) is 6.39. The van der Waals surface area contributed by atoms with E-state index in [9.17, 15) is 0 Å². The fraction of sp³-hybridized carbons (Fsp3) is 0.400. The van der Waals surface area contributed by atoms with Gasteiger partial charge in [-0.1, -0.05) is 6.07 Å². The number of aryl methyl sites for hydroxylation is 3. The minimum Gasteiger partial charge on any atom is -0.496 e.